The summed E-state index contributed by atoms with van der Waals surface area (Å²) >= 11 is 6.15. The summed E-state index contributed by atoms with van der Waals surface area (Å²) in [4.78, 5) is 12.7. The quantitative estimate of drug-likeness (QED) is 0.614. The number of halogens is 2. The summed E-state index contributed by atoms with van der Waals surface area (Å²) < 4.78 is 13.0. The first-order valence-electron chi connectivity index (χ1n) is 7.74. The van der Waals surface area contributed by atoms with Crippen LogP contribution in [-0.2, 0) is 0 Å². The number of rotatable bonds is 6. The Bertz CT molecular complexity index is 850. The van der Waals surface area contributed by atoms with Gasteiger partial charge in [0, 0.05) is 11.8 Å². The van der Waals surface area contributed by atoms with Crippen LogP contribution in [-0.4, -0.2) is 25.1 Å². The number of aryl methyl sites for hydroxylation is 1. The monoisotopic (exact) mass is 361 g/mol. The smallest absolute Gasteiger partial charge is 0.225 e. The summed E-state index contributed by atoms with van der Waals surface area (Å²) in [5, 5.41) is 13.5. The highest BCUT2D eigenvalue weighted by Gasteiger charge is 2.14. The van der Waals surface area contributed by atoms with E-state index in [-0.39, 0.29) is 11.9 Å². The summed E-state index contributed by atoms with van der Waals surface area (Å²) in [6.07, 6.45) is 3.42. The number of aromatic amines is 1. The van der Waals surface area contributed by atoms with Crippen LogP contribution in [0.15, 0.2) is 30.6 Å². The van der Waals surface area contributed by atoms with Gasteiger partial charge >= 0.3 is 0 Å². The molecule has 0 spiro atoms. The van der Waals surface area contributed by atoms with E-state index >= 15 is 0 Å². The molecule has 0 saturated heterocycles. The zero-order chi connectivity index (χ0) is 17.8. The number of pyridine rings is 1. The Labute approximate surface area is 149 Å². The van der Waals surface area contributed by atoms with Crippen molar-refractivity contribution in [3.05, 3.63) is 52.8 Å². The van der Waals surface area contributed by atoms with Crippen molar-refractivity contribution < 1.29 is 4.39 Å². The number of H-pyrrole nitrogens is 1. The molecule has 0 saturated carbocycles. The maximum Gasteiger partial charge on any atom is 0.225 e. The molecule has 9 heteroatoms. The molecule has 25 heavy (non-hydrogen) atoms. The molecule has 0 fully saturated rings. The molecule has 0 unspecified atom stereocenters. The van der Waals surface area contributed by atoms with Crippen LogP contribution in [0.5, 0.6) is 0 Å². The number of nitrogens with one attached hydrogen (secondary N) is 3. The van der Waals surface area contributed by atoms with E-state index in [1.54, 1.807) is 6.07 Å². The Morgan fingerprint density at radius 1 is 1.28 bits per heavy atom. The molecule has 0 aliphatic carbocycles. The fourth-order valence-electron chi connectivity index (χ4n) is 2.26. The first-order chi connectivity index (χ1) is 12.0. The molecule has 3 aromatic heterocycles. The van der Waals surface area contributed by atoms with Crippen molar-refractivity contribution in [1.29, 1.82) is 0 Å². The highest BCUT2D eigenvalue weighted by molar-refractivity contribution is 6.32. The second-order valence-electron chi connectivity index (χ2n) is 5.46. The van der Waals surface area contributed by atoms with Crippen LogP contribution in [0.25, 0.3) is 0 Å². The van der Waals surface area contributed by atoms with Crippen molar-refractivity contribution in [3.63, 3.8) is 0 Å². The van der Waals surface area contributed by atoms with E-state index in [9.17, 15) is 4.39 Å². The normalized spacial score (nSPS) is 12.0. The van der Waals surface area contributed by atoms with E-state index in [1.807, 2.05) is 19.9 Å². The number of hydrogen-bond donors (Lipinski definition) is 3. The maximum absolute atomic E-state index is 13.0. The molecule has 0 bridgehead atoms. The first-order valence-corrected chi connectivity index (χ1v) is 8.12. The van der Waals surface area contributed by atoms with Crippen LogP contribution in [0.3, 0.4) is 0 Å². The van der Waals surface area contributed by atoms with E-state index in [4.69, 9.17) is 11.6 Å². The van der Waals surface area contributed by atoms with Crippen molar-refractivity contribution in [2.75, 3.05) is 10.6 Å². The minimum absolute atomic E-state index is 0.151. The Hall–Kier alpha value is -2.74. The minimum atomic E-state index is -0.373. The second-order valence-corrected chi connectivity index (χ2v) is 5.87. The van der Waals surface area contributed by atoms with Crippen LogP contribution >= 0.6 is 11.6 Å². The van der Waals surface area contributed by atoms with Crippen LogP contribution in [0, 0.1) is 12.7 Å². The Morgan fingerprint density at radius 2 is 2.12 bits per heavy atom. The third-order valence-corrected chi connectivity index (χ3v) is 3.79. The molecule has 130 valence electrons. The largest absolute Gasteiger partial charge is 0.346 e. The highest BCUT2D eigenvalue weighted by Crippen LogP contribution is 2.25. The van der Waals surface area contributed by atoms with Crippen molar-refractivity contribution in [3.8, 4) is 0 Å². The molecule has 0 radical (unpaired) electrons. The fourth-order valence-corrected chi connectivity index (χ4v) is 2.40. The van der Waals surface area contributed by atoms with Crippen LogP contribution in [0.1, 0.15) is 30.8 Å². The standard InChI is InChI=1S/C16H17ClFN7/c1-3-12(13-5-4-10(18)7-19-13)21-16-20-8-11(17)15(23-16)22-14-6-9(2)24-25-14/h4-8,12H,3H2,1-2H3,(H3,20,21,22,23,24,25)/t12-/m0/s1. The summed E-state index contributed by atoms with van der Waals surface area (Å²) in [5.74, 6) is 1.06. The molecule has 3 rings (SSSR count). The lowest BCUT2D eigenvalue weighted by Crippen LogP contribution is -2.14. The van der Waals surface area contributed by atoms with Gasteiger partial charge in [0.15, 0.2) is 11.6 Å². The number of hydrogen-bond acceptors (Lipinski definition) is 6. The van der Waals surface area contributed by atoms with Crippen molar-refractivity contribution in [2.24, 2.45) is 0 Å². The maximum atomic E-state index is 13.0. The Morgan fingerprint density at radius 3 is 2.76 bits per heavy atom. The van der Waals surface area contributed by atoms with Gasteiger partial charge in [0.2, 0.25) is 5.95 Å². The number of aromatic nitrogens is 5. The second kappa shape index (κ2) is 7.43. The van der Waals surface area contributed by atoms with Crippen LogP contribution in [0.4, 0.5) is 22.0 Å². The molecular weight excluding hydrogens is 345 g/mol. The zero-order valence-electron chi connectivity index (χ0n) is 13.7. The molecule has 7 nitrogen and oxygen atoms in total. The van der Waals surface area contributed by atoms with Gasteiger partial charge in [0.25, 0.3) is 0 Å². The zero-order valence-corrected chi connectivity index (χ0v) is 14.5. The third kappa shape index (κ3) is 4.21. The molecule has 3 heterocycles. The van der Waals surface area contributed by atoms with Crippen molar-refractivity contribution in [1.82, 2.24) is 25.1 Å². The van der Waals surface area contributed by atoms with Crippen molar-refractivity contribution in [2.45, 2.75) is 26.3 Å². The van der Waals surface area contributed by atoms with Gasteiger partial charge in [-0.3, -0.25) is 10.1 Å². The van der Waals surface area contributed by atoms with E-state index in [0.29, 0.717) is 28.3 Å². The molecular formula is C16H17ClFN7. The van der Waals surface area contributed by atoms with Gasteiger partial charge in [-0.2, -0.15) is 10.1 Å². The van der Waals surface area contributed by atoms with E-state index in [2.05, 4.69) is 35.8 Å². The average Bonchev–Trinajstić information content (AvgIpc) is 3.01. The Balaban J connectivity index is 1.79. The SMILES string of the molecule is CC[C@H](Nc1ncc(Cl)c(Nc2cc(C)[nH]n2)n1)c1ccc(F)cn1. The summed E-state index contributed by atoms with van der Waals surface area (Å²) in [7, 11) is 0. The van der Waals surface area contributed by atoms with Crippen molar-refractivity contribution >= 4 is 29.2 Å². The lowest BCUT2D eigenvalue weighted by molar-refractivity contribution is 0.614. The minimum Gasteiger partial charge on any atom is -0.346 e. The number of nitrogens with zero attached hydrogens (tertiary/aromatic N) is 4. The van der Waals surface area contributed by atoms with Crippen LogP contribution < -0.4 is 10.6 Å². The highest BCUT2D eigenvalue weighted by atomic mass is 35.5. The van der Waals surface area contributed by atoms with Gasteiger partial charge in [-0.1, -0.05) is 18.5 Å². The number of anilines is 3. The predicted octanol–water partition coefficient (Wildman–Crippen LogP) is 4.00. The topological polar surface area (TPSA) is 91.4 Å². The van der Waals surface area contributed by atoms with Gasteiger partial charge in [-0.05, 0) is 25.5 Å². The van der Waals surface area contributed by atoms with Gasteiger partial charge in [-0.15, -0.1) is 0 Å². The van der Waals surface area contributed by atoms with Gasteiger partial charge in [0.1, 0.15) is 10.8 Å². The van der Waals surface area contributed by atoms with Gasteiger partial charge < -0.3 is 10.6 Å². The average molecular weight is 362 g/mol. The van der Waals surface area contributed by atoms with E-state index in [1.165, 1.54) is 18.5 Å². The van der Waals surface area contributed by atoms with E-state index < -0.39 is 0 Å². The first kappa shape index (κ1) is 17.1. The molecule has 3 N–H and O–H groups in total. The molecule has 0 aliphatic rings. The summed E-state index contributed by atoms with van der Waals surface area (Å²) in [6, 6.07) is 4.70. The molecule has 0 aromatic carbocycles. The molecule has 0 aliphatic heterocycles. The molecule has 0 amide bonds. The van der Waals surface area contributed by atoms with Gasteiger partial charge in [-0.25, -0.2) is 9.37 Å². The lowest BCUT2D eigenvalue weighted by Gasteiger charge is -2.17. The van der Waals surface area contributed by atoms with Crippen LogP contribution in [0.2, 0.25) is 5.02 Å². The van der Waals surface area contributed by atoms with E-state index in [0.717, 1.165) is 12.1 Å². The fraction of sp³-hybridized carbons (Fsp3) is 0.250. The summed E-state index contributed by atoms with van der Waals surface area (Å²) in [6.45, 7) is 3.89. The summed E-state index contributed by atoms with van der Waals surface area (Å²) in [5.41, 5.74) is 1.62. The molecule has 1 atom stereocenters. The van der Waals surface area contributed by atoms with Gasteiger partial charge in [0.05, 0.1) is 24.1 Å². The predicted molar refractivity (Wildman–Crippen MR) is 94.5 cm³/mol. The molecule has 3 aromatic rings. The lowest BCUT2D eigenvalue weighted by atomic mass is 10.1. The Kier molecular flexibility index (Phi) is 5.08. The third-order valence-electron chi connectivity index (χ3n) is 3.52.